The predicted octanol–water partition coefficient (Wildman–Crippen LogP) is 0.893. The van der Waals surface area contributed by atoms with Crippen molar-refractivity contribution in [3.63, 3.8) is 0 Å². The fraction of sp³-hybridized carbons (Fsp3) is 0.312. The maximum atomic E-state index is 8.89. The van der Waals surface area contributed by atoms with Gasteiger partial charge in [-0.25, -0.2) is 9.97 Å². The first-order valence-corrected chi connectivity index (χ1v) is 7.58. The van der Waals surface area contributed by atoms with Gasteiger partial charge in [0.25, 0.3) is 0 Å². The Morgan fingerprint density at radius 1 is 1.09 bits per heavy atom. The highest BCUT2D eigenvalue weighted by molar-refractivity contribution is 5.99. The molecule has 1 aliphatic heterocycles. The van der Waals surface area contributed by atoms with Gasteiger partial charge in [0.1, 0.15) is 0 Å². The van der Waals surface area contributed by atoms with E-state index in [0.29, 0.717) is 11.5 Å². The molecule has 3 N–H and O–H groups in total. The zero-order valence-electron chi connectivity index (χ0n) is 12.8. The second-order valence-corrected chi connectivity index (χ2v) is 5.46. The van der Waals surface area contributed by atoms with Gasteiger partial charge in [0.05, 0.1) is 0 Å². The summed E-state index contributed by atoms with van der Waals surface area (Å²) in [5.74, 6) is 0.655. The maximum absolute atomic E-state index is 8.89. The minimum atomic E-state index is -0.0141. The average Bonchev–Trinajstić information content (AvgIpc) is 2.62. The highest BCUT2D eigenvalue weighted by atomic mass is 16.4. The molecule has 1 aromatic carbocycles. The van der Waals surface area contributed by atoms with Crippen LogP contribution in [0.1, 0.15) is 11.3 Å². The third kappa shape index (κ3) is 3.57. The molecule has 0 radical (unpaired) electrons. The van der Waals surface area contributed by atoms with Gasteiger partial charge in [-0.15, -0.1) is 0 Å². The highest BCUT2D eigenvalue weighted by Crippen LogP contribution is 2.17. The van der Waals surface area contributed by atoms with E-state index in [0.717, 1.165) is 32.7 Å². The quantitative estimate of drug-likeness (QED) is 0.377. The van der Waals surface area contributed by atoms with E-state index in [1.807, 2.05) is 6.07 Å². The van der Waals surface area contributed by atoms with Crippen LogP contribution >= 0.6 is 0 Å². The molecule has 0 atom stereocenters. The largest absolute Gasteiger partial charge is 0.409 e. The molecule has 23 heavy (non-hydrogen) atoms. The molecule has 3 rings (SSSR count). The van der Waals surface area contributed by atoms with E-state index in [2.05, 4.69) is 49.2 Å². The summed E-state index contributed by atoms with van der Waals surface area (Å²) in [4.78, 5) is 13.1. The van der Waals surface area contributed by atoms with Crippen LogP contribution in [-0.2, 0) is 6.54 Å². The van der Waals surface area contributed by atoms with Gasteiger partial charge in [-0.05, 0) is 5.56 Å². The summed E-state index contributed by atoms with van der Waals surface area (Å²) in [6, 6.07) is 10.4. The molecular formula is C16H20N6O. The summed E-state index contributed by atoms with van der Waals surface area (Å²) in [6.45, 7) is 4.47. The van der Waals surface area contributed by atoms with E-state index in [1.165, 1.54) is 5.56 Å². The van der Waals surface area contributed by atoms with Crippen LogP contribution in [0.4, 0.5) is 5.82 Å². The first kappa shape index (κ1) is 15.2. The van der Waals surface area contributed by atoms with Crippen LogP contribution in [-0.4, -0.2) is 52.1 Å². The molecule has 2 heterocycles. The van der Waals surface area contributed by atoms with Gasteiger partial charge < -0.3 is 15.8 Å². The lowest BCUT2D eigenvalue weighted by atomic mass is 10.2. The molecule has 0 bridgehead atoms. The van der Waals surface area contributed by atoms with Crippen molar-refractivity contribution in [3.05, 3.63) is 54.0 Å². The van der Waals surface area contributed by atoms with Crippen molar-refractivity contribution in [2.75, 3.05) is 31.1 Å². The van der Waals surface area contributed by atoms with Gasteiger partial charge in [0.15, 0.2) is 17.3 Å². The fourth-order valence-corrected chi connectivity index (χ4v) is 2.75. The van der Waals surface area contributed by atoms with Crippen molar-refractivity contribution in [3.8, 4) is 0 Å². The Balaban J connectivity index is 1.66. The number of benzene rings is 1. The molecule has 1 saturated heterocycles. The molecule has 1 fully saturated rings. The number of hydrogen-bond donors (Lipinski definition) is 2. The Hall–Kier alpha value is -2.67. The SMILES string of the molecule is N/C(=N\O)c1nccnc1N1CCN(Cc2ccccc2)CC1. The minimum absolute atomic E-state index is 0.0141. The third-order valence-electron chi connectivity index (χ3n) is 3.95. The van der Waals surface area contributed by atoms with Crippen LogP contribution in [0.15, 0.2) is 47.9 Å². The molecule has 120 valence electrons. The first-order chi connectivity index (χ1) is 11.3. The van der Waals surface area contributed by atoms with Crippen LogP contribution in [0, 0.1) is 0 Å². The number of oxime groups is 1. The van der Waals surface area contributed by atoms with Crippen molar-refractivity contribution in [2.24, 2.45) is 10.9 Å². The van der Waals surface area contributed by atoms with Crippen molar-refractivity contribution in [2.45, 2.75) is 6.54 Å². The molecule has 0 amide bonds. The van der Waals surface area contributed by atoms with E-state index in [-0.39, 0.29) is 5.84 Å². The Morgan fingerprint density at radius 2 is 1.78 bits per heavy atom. The molecule has 0 saturated carbocycles. The van der Waals surface area contributed by atoms with Crippen LogP contribution in [0.2, 0.25) is 0 Å². The molecule has 1 aromatic heterocycles. The van der Waals surface area contributed by atoms with Crippen molar-refractivity contribution in [1.29, 1.82) is 0 Å². The van der Waals surface area contributed by atoms with Gasteiger partial charge in [-0.2, -0.15) is 0 Å². The van der Waals surface area contributed by atoms with E-state index >= 15 is 0 Å². The summed E-state index contributed by atoms with van der Waals surface area (Å²) in [5, 5.41) is 11.9. The molecule has 0 unspecified atom stereocenters. The van der Waals surface area contributed by atoms with E-state index < -0.39 is 0 Å². The summed E-state index contributed by atoms with van der Waals surface area (Å²) in [6.07, 6.45) is 3.17. The number of rotatable bonds is 4. The zero-order valence-corrected chi connectivity index (χ0v) is 12.8. The smallest absolute Gasteiger partial charge is 0.192 e. The van der Waals surface area contributed by atoms with Gasteiger partial charge in [0, 0.05) is 45.1 Å². The Kier molecular flexibility index (Phi) is 4.68. The van der Waals surface area contributed by atoms with E-state index in [1.54, 1.807) is 12.4 Å². The molecular weight excluding hydrogens is 292 g/mol. The summed E-state index contributed by atoms with van der Waals surface area (Å²) < 4.78 is 0. The van der Waals surface area contributed by atoms with Gasteiger partial charge in [-0.3, -0.25) is 4.90 Å². The second kappa shape index (κ2) is 7.06. The standard InChI is InChI=1S/C16H20N6O/c17-15(20-23)14-16(19-7-6-18-14)22-10-8-21(9-11-22)12-13-4-2-1-3-5-13/h1-7,23H,8-12H2,(H2,17,20). The number of nitrogens with zero attached hydrogens (tertiary/aromatic N) is 5. The molecule has 2 aromatic rings. The number of anilines is 1. The van der Waals surface area contributed by atoms with Crippen LogP contribution in [0.5, 0.6) is 0 Å². The molecule has 0 spiro atoms. The lowest BCUT2D eigenvalue weighted by molar-refractivity contribution is 0.249. The minimum Gasteiger partial charge on any atom is -0.409 e. The van der Waals surface area contributed by atoms with E-state index in [4.69, 9.17) is 10.9 Å². The van der Waals surface area contributed by atoms with Crippen LogP contribution < -0.4 is 10.6 Å². The van der Waals surface area contributed by atoms with Gasteiger partial charge in [0.2, 0.25) is 0 Å². The van der Waals surface area contributed by atoms with Gasteiger partial charge >= 0.3 is 0 Å². The molecule has 7 heteroatoms. The van der Waals surface area contributed by atoms with Crippen molar-refractivity contribution in [1.82, 2.24) is 14.9 Å². The summed E-state index contributed by atoms with van der Waals surface area (Å²) in [7, 11) is 0. The topological polar surface area (TPSA) is 90.9 Å². The van der Waals surface area contributed by atoms with Crippen LogP contribution in [0.25, 0.3) is 0 Å². The van der Waals surface area contributed by atoms with Gasteiger partial charge in [-0.1, -0.05) is 35.5 Å². The summed E-state index contributed by atoms with van der Waals surface area (Å²) in [5.41, 5.74) is 7.43. The number of nitrogens with two attached hydrogens (primary N) is 1. The van der Waals surface area contributed by atoms with E-state index in [9.17, 15) is 0 Å². The molecule has 7 nitrogen and oxygen atoms in total. The summed E-state index contributed by atoms with van der Waals surface area (Å²) >= 11 is 0. The molecule has 0 aliphatic carbocycles. The highest BCUT2D eigenvalue weighted by Gasteiger charge is 2.22. The number of aromatic nitrogens is 2. The van der Waals surface area contributed by atoms with Crippen LogP contribution in [0.3, 0.4) is 0 Å². The fourth-order valence-electron chi connectivity index (χ4n) is 2.75. The number of hydrogen-bond acceptors (Lipinski definition) is 6. The Morgan fingerprint density at radius 3 is 2.48 bits per heavy atom. The Bertz CT molecular complexity index is 667. The first-order valence-electron chi connectivity index (χ1n) is 7.58. The maximum Gasteiger partial charge on any atom is 0.192 e. The zero-order chi connectivity index (χ0) is 16.1. The lowest BCUT2D eigenvalue weighted by Crippen LogP contribution is -2.47. The monoisotopic (exact) mass is 312 g/mol. The number of piperazine rings is 1. The normalized spacial score (nSPS) is 16.5. The lowest BCUT2D eigenvalue weighted by Gasteiger charge is -2.35. The average molecular weight is 312 g/mol. The molecule has 1 aliphatic rings. The van der Waals surface area contributed by atoms with Crippen molar-refractivity contribution >= 4 is 11.7 Å². The third-order valence-corrected chi connectivity index (χ3v) is 3.95. The number of amidine groups is 1. The Labute approximate surface area is 135 Å². The van der Waals surface area contributed by atoms with Crippen molar-refractivity contribution < 1.29 is 5.21 Å². The predicted molar refractivity (Wildman–Crippen MR) is 88.5 cm³/mol. The second-order valence-electron chi connectivity index (χ2n) is 5.46.